The molecule has 0 saturated heterocycles. The molecule has 194 valence electrons. The first-order valence-electron chi connectivity index (χ1n) is 13.2. The minimum atomic E-state index is -0.373. The largest absolute Gasteiger partial charge is 0.391 e. The van der Waals surface area contributed by atoms with Gasteiger partial charge in [0.05, 0.1) is 106 Å². The summed E-state index contributed by atoms with van der Waals surface area (Å²) in [5, 5.41) is 9.67. The molecule has 0 aliphatic rings. The van der Waals surface area contributed by atoms with Crippen molar-refractivity contribution in [1.29, 1.82) is 0 Å². The minimum Gasteiger partial charge on any atom is -0.391 e. The van der Waals surface area contributed by atoms with Gasteiger partial charge >= 0.3 is 0 Å². The predicted octanol–water partition coefficient (Wildman–Crippen LogP) is 3.38. The minimum absolute atomic E-state index is 0.0478. The summed E-state index contributed by atoms with van der Waals surface area (Å²) in [4.78, 5) is 0. The molecule has 0 aromatic rings. The van der Waals surface area contributed by atoms with Gasteiger partial charge in [-0.25, -0.2) is 0 Å². The maximum Gasteiger partial charge on any atom is 0.110 e. The predicted molar refractivity (Wildman–Crippen MR) is 137 cm³/mol. The van der Waals surface area contributed by atoms with Crippen LogP contribution in [-0.4, -0.2) is 131 Å². The Hall–Kier alpha value is -0.240. The third kappa shape index (κ3) is 12.9. The van der Waals surface area contributed by atoms with Gasteiger partial charge in [-0.1, -0.05) is 6.92 Å². The van der Waals surface area contributed by atoms with Crippen LogP contribution < -0.4 is 0 Å². The smallest absolute Gasteiger partial charge is 0.110 e. The Morgan fingerprint density at radius 1 is 0.688 bits per heavy atom. The van der Waals surface area contributed by atoms with Crippen LogP contribution in [0.4, 0.5) is 0 Å². The standard InChI is InChI=1S/C26H60N3O3/c1-11-26(30)23-31-22-25(6)32-21-24(5)29(14-4,19-15-17-27(7,8)12-2)20-16-18-28(9,10)13-3/h24-26,30H,11-23H2,1-10H3/q+3. The van der Waals surface area contributed by atoms with Crippen LogP contribution in [0, 0.1) is 0 Å². The molecule has 0 aliphatic heterocycles. The highest BCUT2D eigenvalue weighted by molar-refractivity contribution is 4.59. The molecular weight excluding hydrogens is 402 g/mol. The number of quaternary nitrogens is 3. The van der Waals surface area contributed by atoms with Gasteiger partial charge in [0.1, 0.15) is 6.04 Å². The van der Waals surface area contributed by atoms with Crippen molar-refractivity contribution in [3.8, 4) is 0 Å². The molecule has 0 radical (unpaired) electrons. The van der Waals surface area contributed by atoms with Gasteiger partial charge in [0.2, 0.25) is 0 Å². The first kappa shape index (κ1) is 31.8. The lowest BCUT2D eigenvalue weighted by molar-refractivity contribution is -0.957. The van der Waals surface area contributed by atoms with Gasteiger partial charge in [0.15, 0.2) is 0 Å². The van der Waals surface area contributed by atoms with E-state index in [0.29, 0.717) is 19.3 Å². The lowest BCUT2D eigenvalue weighted by Gasteiger charge is -2.44. The lowest BCUT2D eigenvalue weighted by Crippen LogP contribution is -2.58. The van der Waals surface area contributed by atoms with E-state index in [0.717, 1.165) is 33.0 Å². The first-order chi connectivity index (χ1) is 14.9. The zero-order valence-electron chi connectivity index (χ0n) is 23.5. The zero-order valence-corrected chi connectivity index (χ0v) is 23.5. The average molecular weight is 463 g/mol. The molecule has 3 unspecified atom stereocenters. The molecule has 3 atom stereocenters. The molecule has 6 nitrogen and oxygen atoms in total. The summed E-state index contributed by atoms with van der Waals surface area (Å²) < 4.78 is 15.2. The van der Waals surface area contributed by atoms with Crippen molar-refractivity contribution < 1.29 is 28.0 Å². The fourth-order valence-corrected chi connectivity index (χ4v) is 4.12. The second kappa shape index (κ2) is 15.6. The number of hydrogen-bond acceptors (Lipinski definition) is 3. The van der Waals surface area contributed by atoms with E-state index in [2.05, 4.69) is 62.8 Å². The summed E-state index contributed by atoms with van der Waals surface area (Å²) in [6.07, 6.45) is 2.90. The Balaban J connectivity index is 4.99. The maximum absolute atomic E-state index is 9.67. The summed E-state index contributed by atoms with van der Waals surface area (Å²) in [5.41, 5.74) is 0. The van der Waals surface area contributed by atoms with Crippen molar-refractivity contribution in [2.45, 2.75) is 79.1 Å². The Morgan fingerprint density at radius 3 is 1.59 bits per heavy atom. The van der Waals surface area contributed by atoms with Crippen molar-refractivity contribution in [3.63, 3.8) is 0 Å². The highest BCUT2D eigenvalue weighted by Crippen LogP contribution is 2.19. The molecule has 0 aromatic carbocycles. The lowest BCUT2D eigenvalue weighted by atomic mass is 10.1. The number of likely N-dealkylation sites (N-methyl/N-ethyl adjacent to an activating group) is 1. The van der Waals surface area contributed by atoms with Gasteiger partial charge in [-0.05, 0) is 41.0 Å². The zero-order chi connectivity index (χ0) is 24.8. The SMILES string of the molecule is CCC(O)COCC(C)OCC(C)[N+](CC)(CCC[N+](C)(C)CC)CCC[N+](C)(C)CC. The van der Waals surface area contributed by atoms with Gasteiger partial charge in [0, 0.05) is 12.8 Å². The Kier molecular flexibility index (Phi) is 15.5. The Bertz CT molecular complexity index is 449. The molecule has 0 heterocycles. The second-order valence-corrected chi connectivity index (χ2v) is 11.2. The van der Waals surface area contributed by atoms with Crippen LogP contribution in [-0.2, 0) is 9.47 Å². The van der Waals surface area contributed by atoms with Crippen LogP contribution in [0.3, 0.4) is 0 Å². The average Bonchev–Trinajstić information content (AvgIpc) is 2.75. The van der Waals surface area contributed by atoms with Crippen molar-refractivity contribution in [2.75, 3.05) is 93.8 Å². The Labute approximate surface area is 201 Å². The maximum atomic E-state index is 9.67. The summed E-state index contributed by atoms with van der Waals surface area (Å²) >= 11 is 0. The van der Waals surface area contributed by atoms with Crippen molar-refractivity contribution in [1.82, 2.24) is 0 Å². The van der Waals surface area contributed by atoms with Crippen molar-refractivity contribution in [3.05, 3.63) is 0 Å². The molecule has 0 spiro atoms. The third-order valence-electron chi connectivity index (χ3n) is 7.77. The summed E-state index contributed by atoms with van der Waals surface area (Å²) in [6.45, 7) is 23.4. The molecule has 0 fully saturated rings. The molecule has 32 heavy (non-hydrogen) atoms. The number of aliphatic hydroxyl groups is 1. The van der Waals surface area contributed by atoms with Crippen molar-refractivity contribution >= 4 is 0 Å². The van der Waals surface area contributed by atoms with E-state index < -0.39 is 0 Å². The molecule has 6 heteroatoms. The first-order valence-corrected chi connectivity index (χ1v) is 13.2. The molecule has 0 aliphatic carbocycles. The van der Waals surface area contributed by atoms with Gasteiger partial charge < -0.3 is 28.0 Å². The summed E-state index contributed by atoms with van der Waals surface area (Å²) in [7, 11) is 9.36. The number of rotatable bonds is 20. The monoisotopic (exact) mass is 462 g/mol. The van der Waals surface area contributed by atoms with Gasteiger partial charge in [-0.15, -0.1) is 0 Å². The quantitative estimate of drug-likeness (QED) is 0.282. The van der Waals surface area contributed by atoms with Crippen LogP contribution in [0.5, 0.6) is 0 Å². The fourth-order valence-electron chi connectivity index (χ4n) is 4.12. The summed E-state index contributed by atoms with van der Waals surface area (Å²) in [5.74, 6) is 0. The number of hydrogen-bond donors (Lipinski definition) is 1. The topological polar surface area (TPSA) is 38.7 Å². The molecule has 0 amide bonds. The molecular formula is C26H60N3O3+3. The number of aliphatic hydroxyl groups excluding tert-OH is 1. The van der Waals surface area contributed by atoms with Crippen LogP contribution in [0.2, 0.25) is 0 Å². The van der Waals surface area contributed by atoms with Crippen LogP contribution in [0.1, 0.15) is 60.8 Å². The van der Waals surface area contributed by atoms with Crippen LogP contribution in [0.25, 0.3) is 0 Å². The van der Waals surface area contributed by atoms with E-state index in [1.165, 1.54) is 52.1 Å². The van der Waals surface area contributed by atoms with Crippen molar-refractivity contribution in [2.24, 2.45) is 0 Å². The van der Waals surface area contributed by atoms with Crippen LogP contribution >= 0.6 is 0 Å². The van der Waals surface area contributed by atoms with Gasteiger partial charge in [-0.3, -0.25) is 0 Å². The molecule has 0 saturated carbocycles. The molecule has 0 aromatic heterocycles. The summed E-state index contributed by atoms with van der Waals surface area (Å²) in [6, 6.07) is 0.457. The Morgan fingerprint density at radius 2 is 1.19 bits per heavy atom. The van der Waals surface area contributed by atoms with E-state index in [-0.39, 0.29) is 12.2 Å². The normalized spacial score (nSPS) is 16.2. The van der Waals surface area contributed by atoms with E-state index in [1.54, 1.807) is 0 Å². The van der Waals surface area contributed by atoms with E-state index in [4.69, 9.17) is 9.47 Å². The van der Waals surface area contributed by atoms with Gasteiger partial charge in [0.25, 0.3) is 0 Å². The van der Waals surface area contributed by atoms with Crippen LogP contribution in [0.15, 0.2) is 0 Å². The van der Waals surface area contributed by atoms with E-state index in [1.807, 2.05) is 6.92 Å². The number of ether oxygens (including phenoxy) is 2. The van der Waals surface area contributed by atoms with E-state index in [9.17, 15) is 5.11 Å². The van der Waals surface area contributed by atoms with Gasteiger partial charge in [-0.2, -0.15) is 0 Å². The molecule has 1 N–H and O–H groups in total. The second-order valence-electron chi connectivity index (χ2n) is 11.2. The van der Waals surface area contributed by atoms with E-state index >= 15 is 0 Å². The fraction of sp³-hybridized carbons (Fsp3) is 1.00. The molecule has 0 rings (SSSR count). The highest BCUT2D eigenvalue weighted by Gasteiger charge is 2.33. The third-order valence-corrected chi connectivity index (χ3v) is 7.77. The number of nitrogens with zero attached hydrogens (tertiary/aromatic N) is 3. The molecule has 0 bridgehead atoms. The highest BCUT2D eigenvalue weighted by atomic mass is 16.5.